The molecule has 1 aromatic heterocycles. The molecule has 0 unspecified atom stereocenters. The van der Waals surface area contributed by atoms with E-state index in [-0.39, 0.29) is 24.1 Å². The Balaban J connectivity index is 1.21. The fourth-order valence-electron chi connectivity index (χ4n) is 4.62. The molecule has 1 aromatic carbocycles. The molecule has 0 N–H and O–H groups in total. The highest BCUT2D eigenvalue weighted by Gasteiger charge is 2.40. The van der Waals surface area contributed by atoms with Crippen molar-refractivity contribution in [3.05, 3.63) is 53.2 Å². The fraction of sp³-hybridized carbons (Fsp3) is 0.522. The van der Waals surface area contributed by atoms with E-state index in [1.807, 2.05) is 0 Å². The Morgan fingerprint density at radius 3 is 2.58 bits per heavy atom. The number of amides is 1. The number of fused-ring (bicyclic) bond motifs is 1. The molecule has 2 aliphatic heterocycles. The molecule has 0 bridgehead atoms. The summed E-state index contributed by atoms with van der Waals surface area (Å²) in [6.07, 6.45) is 3.09. The van der Waals surface area contributed by atoms with Crippen LogP contribution in [-0.4, -0.2) is 51.2 Å². The SMILES string of the molecule is O=C(Cc1ccc(C(F)(F)F)c(F)c1)N1CC[C@@H]2CC[C@H](Oc3cnc(C4CC4)cn3)N2C1. The Morgan fingerprint density at radius 2 is 1.91 bits per heavy atom. The Kier molecular flexibility index (Phi) is 5.72. The van der Waals surface area contributed by atoms with E-state index in [1.165, 1.54) is 0 Å². The number of halogens is 4. The van der Waals surface area contributed by atoms with Gasteiger partial charge < -0.3 is 9.64 Å². The Bertz CT molecular complexity index is 1030. The number of hydrogen-bond donors (Lipinski definition) is 0. The lowest BCUT2D eigenvalue weighted by atomic mass is 10.1. The van der Waals surface area contributed by atoms with Gasteiger partial charge in [-0.15, -0.1) is 0 Å². The van der Waals surface area contributed by atoms with Gasteiger partial charge in [-0.25, -0.2) is 14.3 Å². The smallest absolute Gasteiger partial charge is 0.419 e. The van der Waals surface area contributed by atoms with E-state index in [1.54, 1.807) is 17.3 Å². The first-order chi connectivity index (χ1) is 15.8. The van der Waals surface area contributed by atoms with E-state index in [2.05, 4.69) is 14.9 Å². The van der Waals surface area contributed by atoms with Crippen LogP contribution in [0.3, 0.4) is 0 Å². The lowest BCUT2D eigenvalue weighted by Crippen LogP contribution is -2.53. The van der Waals surface area contributed by atoms with Crippen molar-refractivity contribution in [2.24, 2.45) is 0 Å². The average Bonchev–Trinajstić information content (AvgIpc) is 3.55. The summed E-state index contributed by atoms with van der Waals surface area (Å²) in [5, 5.41) is 0. The highest BCUT2D eigenvalue weighted by atomic mass is 19.4. The molecule has 176 valence electrons. The zero-order valence-corrected chi connectivity index (χ0v) is 17.9. The van der Waals surface area contributed by atoms with Crippen molar-refractivity contribution in [3.8, 4) is 5.88 Å². The van der Waals surface area contributed by atoms with Crippen molar-refractivity contribution in [1.82, 2.24) is 19.8 Å². The minimum atomic E-state index is -4.76. The maximum absolute atomic E-state index is 13.9. The van der Waals surface area contributed by atoms with Gasteiger partial charge in [0.1, 0.15) is 5.82 Å². The van der Waals surface area contributed by atoms with Gasteiger partial charge in [-0.2, -0.15) is 13.2 Å². The van der Waals surface area contributed by atoms with Crippen molar-refractivity contribution < 1.29 is 27.1 Å². The molecule has 3 fully saturated rings. The van der Waals surface area contributed by atoms with Crippen LogP contribution < -0.4 is 4.74 Å². The molecular weight excluding hydrogens is 440 g/mol. The van der Waals surface area contributed by atoms with E-state index < -0.39 is 17.6 Å². The highest BCUT2D eigenvalue weighted by Crippen LogP contribution is 2.39. The molecule has 3 heterocycles. The van der Waals surface area contributed by atoms with Crippen LogP contribution >= 0.6 is 0 Å². The number of ether oxygens (including phenoxy) is 1. The van der Waals surface area contributed by atoms with Gasteiger partial charge >= 0.3 is 6.18 Å². The van der Waals surface area contributed by atoms with Crippen LogP contribution in [0.2, 0.25) is 0 Å². The third-order valence-corrected chi connectivity index (χ3v) is 6.60. The van der Waals surface area contributed by atoms with Crippen LogP contribution in [0.5, 0.6) is 5.88 Å². The Labute approximate surface area is 188 Å². The minimum Gasteiger partial charge on any atom is -0.457 e. The summed E-state index contributed by atoms with van der Waals surface area (Å²) < 4.78 is 58.2. The molecular formula is C23H24F4N4O2. The maximum atomic E-state index is 13.9. The van der Waals surface area contributed by atoms with Gasteiger partial charge in [0.2, 0.25) is 11.8 Å². The summed E-state index contributed by atoms with van der Waals surface area (Å²) in [7, 11) is 0. The number of rotatable bonds is 5. The second-order valence-electron chi connectivity index (χ2n) is 8.95. The summed E-state index contributed by atoms with van der Waals surface area (Å²) in [6, 6.07) is 2.92. The fourth-order valence-corrected chi connectivity index (χ4v) is 4.62. The molecule has 1 aliphatic carbocycles. The van der Waals surface area contributed by atoms with Gasteiger partial charge in [-0.05, 0) is 49.8 Å². The second kappa shape index (κ2) is 8.55. The molecule has 33 heavy (non-hydrogen) atoms. The number of alkyl halides is 3. The van der Waals surface area contributed by atoms with Crippen molar-refractivity contribution in [3.63, 3.8) is 0 Å². The summed E-state index contributed by atoms with van der Waals surface area (Å²) in [6.45, 7) is 0.899. The van der Waals surface area contributed by atoms with Gasteiger partial charge in [0, 0.05) is 18.5 Å². The first kappa shape index (κ1) is 22.1. The lowest BCUT2D eigenvalue weighted by Gasteiger charge is -2.40. The normalized spacial score (nSPS) is 23.5. The Hall–Kier alpha value is -2.75. The summed E-state index contributed by atoms with van der Waals surface area (Å²) >= 11 is 0. The first-order valence-corrected chi connectivity index (χ1v) is 11.2. The third kappa shape index (κ3) is 4.80. The Morgan fingerprint density at radius 1 is 1.09 bits per heavy atom. The predicted molar refractivity (Wildman–Crippen MR) is 110 cm³/mol. The van der Waals surface area contributed by atoms with E-state index in [0.717, 1.165) is 49.9 Å². The predicted octanol–water partition coefficient (Wildman–Crippen LogP) is 4.11. The lowest BCUT2D eigenvalue weighted by molar-refractivity contribution is -0.140. The number of carbonyl (C=O) groups excluding carboxylic acids is 1. The van der Waals surface area contributed by atoms with Crippen LogP contribution in [0.25, 0.3) is 0 Å². The van der Waals surface area contributed by atoms with Crippen LogP contribution in [-0.2, 0) is 17.4 Å². The molecule has 0 radical (unpaired) electrons. The molecule has 0 spiro atoms. The monoisotopic (exact) mass is 464 g/mol. The average molecular weight is 464 g/mol. The van der Waals surface area contributed by atoms with Crippen LogP contribution in [0, 0.1) is 5.82 Å². The first-order valence-electron chi connectivity index (χ1n) is 11.2. The quantitative estimate of drug-likeness (QED) is 0.624. The van der Waals surface area contributed by atoms with E-state index in [4.69, 9.17) is 4.74 Å². The summed E-state index contributed by atoms with van der Waals surface area (Å²) in [5.41, 5.74) is -0.126. The third-order valence-electron chi connectivity index (χ3n) is 6.60. The summed E-state index contributed by atoms with van der Waals surface area (Å²) in [4.78, 5) is 25.4. The van der Waals surface area contributed by atoms with Crippen LogP contribution in [0.1, 0.15) is 54.8 Å². The topological polar surface area (TPSA) is 58.6 Å². The van der Waals surface area contributed by atoms with Crippen molar-refractivity contribution in [2.45, 2.75) is 62.9 Å². The molecule has 5 rings (SSSR count). The number of hydrogen-bond acceptors (Lipinski definition) is 5. The maximum Gasteiger partial charge on any atom is 0.419 e. The molecule has 6 nitrogen and oxygen atoms in total. The highest BCUT2D eigenvalue weighted by molar-refractivity contribution is 5.78. The largest absolute Gasteiger partial charge is 0.457 e. The van der Waals surface area contributed by atoms with Gasteiger partial charge in [0.05, 0.1) is 36.7 Å². The molecule has 2 atom stereocenters. The van der Waals surface area contributed by atoms with Gasteiger partial charge in [0.25, 0.3) is 0 Å². The minimum absolute atomic E-state index is 0.160. The second-order valence-corrected chi connectivity index (χ2v) is 8.95. The molecule has 3 aliphatic rings. The molecule has 2 aromatic rings. The number of nitrogens with zero attached hydrogens (tertiary/aromatic N) is 4. The number of carbonyl (C=O) groups is 1. The van der Waals surface area contributed by atoms with Crippen molar-refractivity contribution in [1.29, 1.82) is 0 Å². The van der Waals surface area contributed by atoms with Crippen LogP contribution in [0.4, 0.5) is 17.6 Å². The number of aromatic nitrogens is 2. The molecule has 1 saturated carbocycles. The molecule has 1 amide bonds. The number of benzene rings is 1. The van der Waals surface area contributed by atoms with E-state index in [0.29, 0.717) is 37.1 Å². The van der Waals surface area contributed by atoms with Gasteiger partial charge in [0.15, 0.2) is 6.23 Å². The van der Waals surface area contributed by atoms with E-state index >= 15 is 0 Å². The standard InChI is InChI=1S/C23H24F4N4O2/c24-18-9-14(1-5-17(18)23(25,26)27)10-21(32)30-8-7-16-4-6-22(31(16)13-30)33-20-12-28-19(11-29-20)15-2-3-15/h1,5,9,11-12,15-16,22H,2-4,6-8,10,13H2/t16-,22-/m0/s1. The summed E-state index contributed by atoms with van der Waals surface area (Å²) in [5.74, 6) is -0.656. The van der Waals surface area contributed by atoms with E-state index in [9.17, 15) is 22.4 Å². The zero-order valence-electron chi connectivity index (χ0n) is 17.9. The van der Waals surface area contributed by atoms with Crippen molar-refractivity contribution >= 4 is 5.91 Å². The molecule has 2 saturated heterocycles. The van der Waals surface area contributed by atoms with Crippen LogP contribution in [0.15, 0.2) is 30.6 Å². The molecule has 10 heteroatoms. The van der Waals surface area contributed by atoms with Crippen molar-refractivity contribution in [2.75, 3.05) is 13.2 Å². The van der Waals surface area contributed by atoms with Gasteiger partial charge in [-0.1, -0.05) is 6.07 Å². The zero-order chi connectivity index (χ0) is 23.2. The van der Waals surface area contributed by atoms with Gasteiger partial charge in [-0.3, -0.25) is 9.78 Å².